The van der Waals surface area contributed by atoms with Gasteiger partial charge in [0.15, 0.2) is 5.96 Å². The van der Waals surface area contributed by atoms with Crippen molar-refractivity contribution in [3.8, 4) is 0 Å². The smallest absolute Gasteiger partial charge is 0.194 e. The van der Waals surface area contributed by atoms with Gasteiger partial charge in [0.05, 0.1) is 6.26 Å². The predicted molar refractivity (Wildman–Crippen MR) is 111 cm³/mol. The first kappa shape index (κ1) is 21.3. The third kappa shape index (κ3) is 7.42. The van der Waals surface area contributed by atoms with E-state index in [1.807, 2.05) is 12.1 Å². The zero-order chi connectivity index (χ0) is 16.5. The van der Waals surface area contributed by atoms with Gasteiger partial charge in [-0.05, 0) is 24.5 Å². The first-order valence-electron chi connectivity index (χ1n) is 8.97. The quantitative estimate of drug-likeness (QED) is 0.396. The molecule has 1 saturated heterocycles. The highest BCUT2D eigenvalue weighted by Crippen LogP contribution is 2.06. The molecule has 1 N–H and O–H groups in total. The first-order chi connectivity index (χ1) is 11.2. The summed E-state index contributed by atoms with van der Waals surface area (Å²) in [4.78, 5) is 9.71. The SMILES string of the molecule is CCCN=C(NCCc1ccco1)N1CCN(CC(C)C)CC1.I. The molecule has 24 heavy (non-hydrogen) atoms. The summed E-state index contributed by atoms with van der Waals surface area (Å²) in [7, 11) is 0. The molecule has 1 aromatic rings. The number of hydrogen-bond acceptors (Lipinski definition) is 3. The molecule has 0 aromatic carbocycles. The molecule has 1 aromatic heterocycles. The van der Waals surface area contributed by atoms with E-state index in [1.54, 1.807) is 6.26 Å². The zero-order valence-electron chi connectivity index (χ0n) is 15.3. The summed E-state index contributed by atoms with van der Waals surface area (Å²) in [6.45, 7) is 14.1. The molecule has 1 aliphatic heterocycles. The van der Waals surface area contributed by atoms with Gasteiger partial charge in [-0.1, -0.05) is 20.8 Å². The van der Waals surface area contributed by atoms with Crippen LogP contribution in [0.1, 0.15) is 33.0 Å². The van der Waals surface area contributed by atoms with Crippen molar-refractivity contribution in [2.75, 3.05) is 45.8 Å². The van der Waals surface area contributed by atoms with Gasteiger partial charge in [-0.2, -0.15) is 0 Å². The van der Waals surface area contributed by atoms with Crippen LogP contribution in [0.5, 0.6) is 0 Å². The number of nitrogens with one attached hydrogen (secondary N) is 1. The lowest BCUT2D eigenvalue weighted by Gasteiger charge is -2.37. The molecule has 138 valence electrons. The van der Waals surface area contributed by atoms with Gasteiger partial charge in [0.1, 0.15) is 5.76 Å². The van der Waals surface area contributed by atoms with Gasteiger partial charge in [-0.15, -0.1) is 24.0 Å². The Morgan fingerprint density at radius 1 is 1.29 bits per heavy atom. The van der Waals surface area contributed by atoms with Crippen molar-refractivity contribution in [1.82, 2.24) is 15.1 Å². The first-order valence-corrected chi connectivity index (χ1v) is 8.97. The Morgan fingerprint density at radius 2 is 2.04 bits per heavy atom. The average Bonchev–Trinajstić information content (AvgIpc) is 3.04. The number of halogens is 1. The number of furan rings is 1. The second kappa shape index (κ2) is 11.7. The van der Waals surface area contributed by atoms with Crippen LogP contribution in [0, 0.1) is 5.92 Å². The molecule has 0 unspecified atom stereocenters. The van der Waals surface area contributed by atoms with E-state index >= 15 is 0 Å². The van der Waals surface area contributed by atoms with Gasteiger partial charge in [0, 0.05) is 52.2 Å². The number of rotatable bonds is 7. The maximum absolute atomic E-state index is 5.39. The minimum atomic E-state index is 0. The summed E-state index contributed by atoms with van der Waals surface area (Å²) in [5.74, 6) is 2.82. The standard InChI is InChI=1S/C18H32N4O.HI/c1-4-8-19-18(20-9-7-17-6-5-14-23-17)22-12-10-21(11-13-22)15-16(2)3;/h5-6,14,16H,4,7-13,15H2,1-3H3,(H,19,20);1H. The van der Waals surface area contributed by atoms with Gasteiger partial charge >= 0.3 is 0 Å². The van der Waals surface area contributed by atoms with Gasteiger partial charge in [-0.25, -0.2) is 0 Å². The van der Waals surface area contributed by atoms with Crippen LogP contribution >= 0.6 is 24.0 Å². The Morgan fingerprint density at radius 3 is 2.62 bits per heavy atom. The lowest BCUT2D eigenvalue weighted by molar-refractivity contribution is 0.164. The summed E-state index contributed by atoms with van der Waals surface area (Å²) in [5, 5.41) is 3.52. The van der Waals surface area contributed by atoms with Crippen molar-refractivity contribution in [3.63, 3.8) is 0 Å². The van der Waals surface area contributed by atoms with Gasteiger partial charge in [-0.3, -0.25) is 9.89 Å². The maximum Gasteiger partial charge on any atom is 0.194 e. The second-order valence-electron chi connectivity index (χ2n) is 6.64. The molecule has 2 heterocycles. The molecule has 0 bridgehead atoms. The van der Waals surface area contributed by atoms with Crippen molar-refractivity contribution in [2.45, 2.75) is 33.6 Å². The van der Waals surface area contributed by atoms with Crippen LogP contribution in [-0.4, -0.2) is 61.6 Å². The van der Waals surface area contributed by atoms with Crippen molar-refractivity contribution in [2.24, 2.45) is 10.9 Å². The summed E-state index contributed by atoms with van der Waals surface area (Å²) in [6.07, 6.45) is 3.71. The summed E-state index contributed by atoms with van der Waals surface area (Å²) < 4.78 is 5.39. The monoisotopic (exact) mass is 448 g/mol. The molecule has 6 heteroatoms. The van der Waals surface area contributed by atoms with Crippen LogP contribution in [0.2, 0.25) is 0 Å². The maximum atomic E-state index is 5.39. The van der Waals surface area contributed by atoms with E-state index in [-0.39, 0.29) is 24.0 Å². The highest BCUT2D eigenvalue weighted by atomic mass is 127. The number of piperazine rings is 1. The second-order valence-corrected chi connectivity index (χ2v) is 6.64. The molecule has 1 aliphatic rings. The van der Waals surface area contributed by atoms with Crippen LogP contribution in [0.25, 0.3) is 0 Å². The highest BCUT2D eigenvalue weighted by Gasteiger charge is 2.20. The molecular formula is C18H33IN4O. The Labute approximate surface area is 163 Å². The van der Waals surface area contributed by atoms with Crippen LogP contribution in [-0.2, 0) is 6.42 Å². The third-order valence-corrected chi connectivity index (χ3v) is 4.01. The lowest BCUT2D eigenvalue weighted by atomic mass is 10.2. The molecule has 0 aliphatic carbocycles. The van der Waals surface area contributed by atoms with E-state index in [4.69, 9.17) is 9.41 Å². The van der Waals surface area contributed by atoms with Crippen LogP contribution in [0.3, 0.4) is 0 Å². The fraction of sp³-hybridized carbons (Fsp3) is 0.722. The minimum Gasteiger partial charge on any atom is -0.469 e. The van der Waals surface area contributed by atoms with E-state index in [0.29, 0.717) is 0 Å². The summed E-state index contributed by atoms with van der Waals surface area (Å²) in [5.41, 5.74) is 0. The molecule has 0 amide bonds. The van der Waals surface area contributed by atoms with Crippen molar-refractivity contribution in [3.05, 3.63) is 24.2 Å². The molecule has 0 atom stereocenters. The van der Waals surface area contributed by atoms with E-state index in [9.17, 15) is 0 Å². The number of hydrogen-bond donors (Lipinski definition) is 1. The molecule has 1 fully saturated rings. The molecule has 5 nitrogen and oxygen atoms in total. The van der Waals surface area contributed by atoms with Crippen molar-refractivity contribution >= 4 is 29.9 Å². The van der Waals surface area contributed by atoms with Gasteiger partial charge in [0.2, 0.25) is 0 Å². The van der Waals surface area contributed by atoms with E-state index in [1.165, 1.54) is 6.54 Å². The van der Waals surface area contributed by atoms with Crippen molar-refractivity contribution in [1.29, 1.82) is 0 Å². The van der Waals surface area contributed by atoms with Crippen LogP contribution in [0.15, 0.2) is 27.8 Å². The third-order valence-electron chi connectivity index (χ3n) is 4.01. The van der Waals surface area contributed by atoms with Crippen LogP contribution < -0.4 is 5.32 Å². The highest BCUT2D eigenvalue weighted by molar-refractivity contribution is 14.0. The Balaban J connectivity index is 0.00000288. The number of aliphatic imine (C=N–C) groups is 1. The number of nitrogens with zero attached hydrogens (tertiary/aromatic N) is 3. The normalized spacial score (nSPS) is 16.3. The number of guanidine groups is 1. The molecule has 0 saturated carbocycles. The fourth-order valence-electron chi connectivity index (χ4n) is 2.90. The van der Waals surface area contributed by atoms with Gasteiger partial charge < -0.3 is 14.6 Å². The topological polar surface area (TPSA) is 44.0 Å². The van der Waals surface area contributed by atoms with Crippen molar-refractivity contribution < 1.29 is 4.42 Å². The van der Waals surface area contributed by atoms with E-state index < -0.39 is 0 Å². The zero-order valence-corrected chi connectivity index (χ0v) is 17.7. The Bertz CT molecular complexity index is 454. The molecule has 0 spiro atoms. The Hall–Kier alpha value is -0.760. The molecule has 0 radical (unpaired) electrons. The minimum absolute atomic E-state index is 0. The predicted octanol–water partition coefficient (Wildman–Crippen LogP) is 3.07. The largest absolute Gasteiger partial charge is 0.469 e. The summed E-state index contributed by atoms with van der Waals surface area (Å²) in [6, 6.07) is 3.96. The van der Waals surface area contributed by atoms with E-state index in [2.05, 4.69) is 35.9 Å². The van der Waals surface area contributed by atoms with Gasteiger partial charge in [0.25, 0.3) is 0 Å². The molecular weight excluding hydrogens is 415 g/mol. The van der Waals surface area contributed by atoms with E-state index in [0.717, 1.165) is 69.7 Å². The lowest BCUT2D eigenvalue weighted by Crippen LogP contribution is -2.53. The Kier molecular flexibility index (Phi) is 10.4. The van der Waals surface area contributed by atoms with Crippen LogP contribution in [0.4, 0.5) is 0 Å². The average molecular weight is 448 g/mol. The fourth-order valence-corrected chi connectivity index (χ4v) is 2.90. The summed E-state index contributed by atoms with van der Waals surface area (Å²) >= 11 is 0. The molecule has 2 rings (SSSR count).